The van der Waals surface area contributed by atoms with Gasteiger partial charge < -0.3 is 19.7 Å². The smallest absolute Gasteiger partial charge is 0.241 e. The highest BCUT2D eigenvalue weighted by molar-refractivity contribution is 6.31. The Morgan fingerprint density at radius 3 is 2.70 bits per heavy atom. The Morgan fingerprint density at radius 2 is 2.00 bits per heavy atom. The van der Waals surface area contributed by atoms with Gasteiger partial charge in [0.1, 0.15) is 5.75 Å². The lowest BCUT2D eigenvalue weighted by molar-refractivity contribution is -0.120. The van der Waals surface area contributed by atoms with Gasteiger partial charge in [0.15, 0.2) is 0 Å². The highest BCUT2D eigenvalue weighted by atomic mass is 35.5. The van der Waals surface area contributed by atoms with Gasteiger partial charge in [0.25, 0.3) is 0 Å². The molecule has 1 fully saturated rings. The largest absolute Gasteiger partial charge is 0.495 e. The molecule has 1 amide bonds. The van der Waals surface area contributed by atoms with Crippen molar-refractivity contribution in [2.75, 3.05) is 50.7 Å². The molecular weight excluding hydrogens is 402 g/mol. The number of aryl methyl sites for hydroxylation is 1. The lowest BCUT2D eigenvalue weighted by atomic mass is 10.1. The maximum atomic E-state index is 12.9. The van der Waals surface area contributed by atoms with E-state index in [9.17, 15) is 4.79 Å². The summed E-state index contributed by atoms with van der Waals surface area (Å²) in [4.78, 5) is 17.3. The molecule has 7 heteroatoms. The van der Waals surface area contributed by atoms with Crippen LogP contribution >= 0.6 is 11.6 Å². The number of rotatable bonds is 7. The van der Waals surface area contributed by atoms with Gasteiger partial charge in [0.05, 0.1) is 32.1 Å². The van der Waals surface area contributed by atoms with E-state index in [1.807, 2.05) is 37.9 Å². The maximum absolute atomic E-state index is 12.9. The number of para-hydroxylation sites is 1. The summed E-state index contributed by atoms with van der Waals surface area (Å²) in [5.74, 6) is 0.452. The first kappa shape index (κ1) is 22.4. The topological polar surface area (TPSA) is 54.0 Å². The normalized spacial score (nSPS) is 15.2. The van der Waals surface area contributed by atoms with Crippen LogP contribution in [0, 0.1) is 6.92 Å². The van der Waals surface area contributed by atoms with E-state index in [-0.39, 0.29) is 11.9 Å². The predicted molar refractivity (Wildman–Crippen MR) is 122 cm³/mol. The summed E-state index contributed by atoms with van der Waals surface area (Å²) in [5, 5.41) is 3.59. The number of nitrogens with one attached hydrogen (secondary N) is 1. The van der Waals surface area contributed by atoms with Gasteiger partial charge in [0, 0.05) is 36.4 Å². The van der Waals surface area contributed by atoms with Gasteiger partial charge in [0.2, 0.25) is 5.91 Å². The summed E-state index contributed by atoms with van der Waals surface area (Å²) in [5.41, 5.74) is 3.91. The number of carbonyl (C=O) groups is 1. The Kier molecular flexibility index (Phi) is 7.58. The Labute approximate surface area is 183 Å². The molecule has 0 spiro atoms. The van der Waals surface area contributed by atoms with E-state index in [2.05, 4.69) is 28.4 Å². The lowest BCUT2D eigenvalue weighted by Crippen LogP contribution is -2.40. The van der Waals surface area contributed by atoms with Crippen LogP contribution in [0.25, 0.3) is 0 Å². The second-order valence-electron chi connectivity index (χ2n) is 7.61. The number of hydrogen-bond acceptors (Lipinski definition) is 5. The molecule has 0 aliphatic carbocycles. The highest BCUT2D eigenvalue weighted by Gasteiger charge is 2.22. The Balaban J connectivity index is 1.70. The van der Waals surface area contributed by atoms with Crippen LogP contribution in [0.4, 0.5) is 11.4 Å². The molecule has 1 aliphatic heterocycles. The number of morpholine rings is 1. The molecule has 0 saturated carbocycles. The quantitative estimate of drug-likeness (QED) is 0.719. The fourth-order valence-corrected chi connectivity index (χ4v) is 3.68. The minimum atomic E-state index is -0.330. The van der Waals surface area contributed by atoms with Crippen molar-refractivity contribution in [1.82, 2.24) is 4.90 Å². The van der Waals surface area contributed by atoms with Crippen LogP contribution in [-0.4, -0.2) is 57.3 Å². The molecule has 30 heavy (non-hydrogen) atoms. The molecule has 1 heterocycles. The number of methoxy groups -OCH3 is 1. The van der Waals surface area contributed by atoms with E-state index < -0.39 is 0 Å². The molecule has 0 aromatic heterocycles. The molecule has 1 N–H and O–H groups in total. The van der Waals surface area contributed by atoms with Crippen molar-refractivity contribution in [3.63, 3.8) is 0 Å². The third kappa shape index (κ3) is 5.25. The van der Waals surface area contributed by atoms with Gasteiger partial charge >= 0.3 is 0 Å². The third-order valence-electron chi connectivity index (χ3n) is 5.54. The van der Waals surface area contributed by atoms with Crippen molar-refractivity contribution >= 4 is 28.9 Å². The Hall–Kier alpha value is -2.28. The second-order valence-corrected chi connectivity index (χ2v) is 8.02. The summed E-state index contributed by atoms with van der Waals surface area (Å²) in [6, 6.07) is 11.6. The molecule has 0 unspecified atom stereocenters. The summed E-state index contributed by atoms with van der Waals surface area (Å²) >= 11 is 6.17. The molecule has 3 rings (SSSR count). The lowest BCUT2D eigenvalue weighted by Gasteiger charge is -2.32. The molecule has 0 bridgehead atoms. The number of amides is 1. The SMILES string of the molecule is COc1cc(Cl)c(C)cc1NC(=O)[C@@H](C)N(C)Cc1ccccc1N1CCOCC1. The van der Waals surface area contributed by atoms with Crippen molar-refractivity contribution in [3.8, 4) is 5.75 Å². The average molecular weight is 432 g/mol. The molecular formula is C23H30ClN3O3. The predicted octanol–water partition coefficient (Wildman–Crippen LogP) is 3.95. The zero-order valence-electron chi connectivity index (χ0n) is 18.1. The zero-order chi connectivity index (χ0) is 21.7. The first-order valence-electron chi connectivity index (χ1n) is 10.2. The van der Waals surface area contributed by atoms with Gasteiger partial charge in [-0.2, -0.15) is 0 Å². The second kappa shape index (κ2) is 10.2. The number of anilines is 2. The molecule has 2 aromatic carbocycles. The highest BCUT2D eigenvalue weighted by Crippen LogP contribution is 2.31. The minimum absolute atomic E-state index is 0.0959. The van der Waals surface area contributed by atoms with Crippen molar-refractivity contribution in [2.45, 2.75) is 26.4 Å². The van der Waals surface area contributed by atoms with Gasteiger partial charge in [-0.05, 0) is 44.2 Å². The van der Waals surface area contributed by atoms with E-state index in [1.165, 1.54) is 11.3 Å². The van der Waals surface area contributed by atoms with Crippen LogP contribution in [0.1, 0.15) is 18.1 Å². The molecule has 6 nitrogen and oxygen atoms in total. The van der Waals surface area contributed by atoms with Gasteiger partial charge in [-0.3, -0.25) is 9.69 Å². The third-order valence-corrected chi connectivity index (χ3v) is 5.95. The molecule has 0 radical (unpaired) electrons. The van der Waals surface area contributed by atoms with Gasteiger partial charge in [-0.15, -0.1) is 0 Å². The number of carbonyl (C=O) groups excluding carboxylic acids is 1. The van der Waals surface area contributed by atoms with E-state index in [0.717, 1.165) is 31.9 Å². The monoisotopic (exact) mass is 431 g/mol. The first-order chi connectivity index (χ1) is 14.4. The van der Waals surface area contributed by atoms with Crippen molar-refractivity contribution in [3.05, 3.63) is 52.5 Å². The summed E-state index contributed by atoms with van der Waals surface area (Å²) in [7, 11) is 3.53. The number of hydrogen-bond donors (Lipinski definition) is 1. The fraction of sp³-hybridized carbons (Fsp3) is 0.435. The van der Waals surface area contributed by atoms with E-state index in [1.54, 1.807) is 13.2 Å². The zero-order valence-corrected chi connectivity index (χ0v) is 18.8. The number of benzene rings is 2. The first-order valence-corrected chi connectivity index (χ1v) is 10.5. The van der Waals surface area contributed by atoms with Crippen molar-refractivity contribution in [2.24, 2.45) is 0 Å². The van der Waals surface area contributed by atoms with E-state index in [4.69, 9.17) is 21.1 Å². The Bertz CT molecular complexity index is 884. The molecule has 1 aliphatic rings. The van der Waals surface area contributed by atoms with Crippen LogP contribution in [-0.2, 0) is 16.1 Å². The summed E-state index contributed by atoms with van der Waals surface area (Å²) in [6.07, 6.45) is 0. The Morgan fingerprint density at radius 1 is 1.30 bits per heavy atom. The molecule has 162 valence electrons. The van der Waals surface area contributed by atoms with E-state index >= 15 is 0 Å². The number of likely N-dealkylation sites (N-methyl/N-ethyl adjacent to an activating group) is 1. The van der Waals surface area contributed by atoms with Gasteiger partial charge in [-0.25, -0.2) is 0 Å². The van der Waals surface area contributed by atoms with Crippen molar-refractivity contribution < 1.29 is 14.3 Å². The number of ether oxygens (including phenoxy) is 2. The molecule has 2 aromatic rings. The van der Waals surface area contributed by atoms with Crippen LogP contribution in [0.5, 0.6) is 5.75 Å². The standard InChI is InChI=1S/C23H30ClN3O3/c1-16-13-20(22(29-4)14-19(16)24)25-23(28)17(2)26(3)15-18-7-5-6-8-21(18)27-9-11-30-12-10-27/h5-8,13-14,17H,9-12,15H2,1-4H3,(H,25,28)/t17-/m1/s1. The fourth-order valence-electron chi connectivity index (χ4n) is 3.53. The van der Waals surface area contributed by atoms with Crippen LogP contribution in [0.3, 0.4) is 0 Å². The number of nitrogens with zero attached hydrogens (tertiary/aromatic N) is 2. The van der Waals surface area contributed by atoms with Crippen LogP contribution in [0.15, 0.2) is 36.4 Å². The summed E-state index contributed by atoms with van der Waals surface area (Å²) in [6.45, 7) is 7.71. The number of halogens is 1. The summed E-state index contributed by atoms with van der Waals surface area (Å²) < 4.78 is 10.9. The van der Waals surface area contributed by atoms with Crippen molar-refractivity contribution in [1.29, 1.82) is 0 Å². The minimum Gasteiger partial charge on any atom is -0.495 e. The van der Waals surface area contributed by atoms with Crippen LogP contribution < -0.4 is 15.0 Å². The van der Waals surface area contributed by atoms with Crippen LogP contribution in [0.2, 0.25) is 5.02 Å². The van der Waals surface area contributed by atoms with Gasteiger partial charge in [-0.1, -0.05) is 29.8 Å². The maximum Gasteiger partial charge on any atom is 0.241 e. The van der Waals surface area contributed by atoms with E-state index in [0.29, 0.717) is 23.0 Å². The molecule has 1 atom stereocenters. The molecule has 1 saturated heterocycles. The average Bonchev–Trinajstić information content (AvgIpc) is 2.76.